The number of anilines is 1. The summed E-state index contributed by atoms with van der Waals surface area (Å²) < 4.78 is 12.8. The van der Waals surface area contributed by atoms with Crippen molar-refractivity contribution in [1.29, 1.82) is 0 Å². The van der Waals surface area contributed by atoms with Gasteiger partial charge in [-0.1, -0.05) is 68.5 Å². The van der Waals surface area contributed by atoms with Crippen LogP contribution in [0.4, 0.5) is 5.69 Å². The first-order valence-corrected chi connectivity index (χ1v) is 17.2. The summed E-state index contributed by atoms with van der Waals surface area (Å²) in [6.07, 6.45) is 3.52. The van der Waals surface area contributed by atoms with Crippen molar-refractivity contribution in [3.63, 3.8) is 0 Å². The van der Waals surface area contributed by atoms with Crippen molar-refractivity contribution in [3.05, 3.63) is 90.5 Å². The molecule has 0 radical (unpaired) electrons. The van der Waals surface area contributed by atoms with Gasteiger partial charge in [0, 0.05) is 18.7 Å². The van der Waals surface area contributed by atoms with E-state index >= 15 is 0 Å². The van der Waals surface area contributed by atoms with Crippen LogP contribution in [-0.4, -0.2) is 77.2 Å². The van der Waals surface area contributed by atoms with Gasteiger partial charge >= 0.3 is 5.97 Å². The standard InChI is InChI=1S/C39H49N3O7/c1-7-9-15-32(44)40-22-31(27-13-11-10-12-14-27)48-38(47)33-30-18-19-39(49-30)34(33)36(45)42(29(23-43)24(3)4)35(39)37(46)41(20-8-2)28-21-25(5)16-17-26(28)6/h7-8,10-14,16-17,21,24,29-31,33-35,43H,1-2,9,15,18-20,22-23H2,3-6H3,(H,40,44)/t29-,30-,31-,33+,34+,35-,39+/m0/s1. The van der Waals surface area contributed by atoms with Gasteiger partial charge in [-0.25, -0.2) is 0 Å². The molecule has 2 bridgehead atoms. The molecule has 0 saturated carbocycles. The van der Waals surface area contributed by atoms with Crippen LogP contribution in [0, 0.1) is 31.6 Å². The molecule has 1 spiro atoms. The number of aliphatic hydroxyl groups excluding tert-OH is 1. The van der Waals surface area contributed by atoms with Crippen molar-refractivity contribution in [2.45, 2.75) is 83.3 Å². The first-order valence-electron chi connectivity index (χ1n) is 17.2. The minimum absolute atomic E-state index is 0.0489. The molecule has 3 aliphatic heterocycles. The molecule has 3 amide bonds. The van der Waals surface area contributed by atoms with E-state index in [2.05, 4.69) is 18.5 Å². The summed E-state index contributed by atoms with van der Waals surface area (Å²) in [5.41, 5.74) is 1.96. The molecule has 2 N–H and O–H groups in total. The maximum atomic E-state index is 14.9. The number of carbonyl (C=O) groups is 4. The highest BCUT2D eigenvalue weighted by atomic mass is 16.6. The molecule has 7 atom stereocenters. The van der Waals surface area contributed by atoms with Gasteiger partial charge in [0.1, 0.15) is 17.7 Å². The Labute approximate surface area is 289 Å². The van der Waals surface area contributed by atoms with Crippen molar-refractivity contribution in [1.82, 2.24) is 10.2 Å². The van der Waals surface area contributed by atoms with Gasteiger partial charge in [0.15, 0.2) is 0 Å². The zero-order valence-electron chi connectivity index (χ0n) is 29.0. The number of esters is 1. The van der Waals surface area contributed by atoms with E-state index < -0.39 is 53.6 Å². The molecule has 10 nitrogen and oxygen atoms in total. The zero-order valence-corrected chi connectivity index (χ0v) is 29.0. The minimum Gasteiger partial charge on any atom is -0.455 e. The van der Waals surface area contributed by atoms with Crippen molar-refractivity contribution in [2.24, 2.45) is 17.8 Å². The Morgan fingerprint density at radius 3 is 2.53 bits per heavy atom. The highest BCUT2D eigenvalue weighted by Gasteiger charge is 2.76. The van der Waals surface area contributed by atoms with Crippen molar-refractivity contribution in [2.75, 3.05) is 24.6 Å². The minimum atomic E-state index is -1.29. The first-order chi connectivity index (χ1) is 23.5. The monoisotopic (exact) mass is 671 g/mol. The number of hydrogen-bond donors (Lipinski definition) is 2. The smallest absolute Gasteiger partial charge is 0.313 e. The number of carbonyl (C=O) groups excluding carboxylic acids is 4. The number of benzene rings is 2. The molecule has 3 heterocycles. The number of nitrogens with one attached hydrogen (secondary N) is 1. The lowest BCUT2D eigenvalue weighted by atomic mass is 9.70. The molecule has 262 valence electrons. The van der Waals surface area contributed by atoms with Gasteiger partial charge in [0.05, 0.1) is 37.1 Å². The maximum absolute atomic E-state index is 14.9. The van der Waals surface area contributed by atoms with Crippen LogP contribution in [0.15, 0.2) is 73.8 Å². The zero-order chi connectivity index (χ0) is 35.5. The fraction of sp³-hybridized carbons (Fsp3) is 0.487. The van der Waals surface area contributed by atoms with E-state index in [0.717, 1.165) is 11.1 Å². The van der Waals surface area contributed by atoms with Gasteiger partial charge in [-0.15, -0.1) is 13.2 Å². The van der Waals surface area contributed by atoms with Crippen LogP contribution < -0.4 is 10.2 Å². The fourth-order valence-corrected chi connectivity index (χ4v) is 7.85. The Bertz CT molecular complexity index is 1580. The second-order valence-corrected chi connectivity index (χ2v) is 13.8. The molecule has 0 aromatic heterocycles. The van der Waals surface area contributed by atoms with Crippen molar-refractivity contribution in [3.8, 4) is 0 Å². The highest BCUT2D eigenvalue weighted by molar-refractivity contribution is 6.05. The molecule has 49 heavy (non-hydrogen) atoms. The number of fused-ring (bicyclic) bond motifs is 1. The topological polar surface area (TPSA) is 125 Å². The average Bonchev–Trinajstić information content (AvgIpc) is 3.73. The third kappa shape index (κ3) is 6.81. The molecular weight excluding hydrogens is 622 g/mol. The van der Waals surface area contributed by atoms with E-state index in [1.807, 2.05) is 76.2 Å². The number of aliphatic hydroxyl groups is 1. The Morgan fingerprint density at radius 2 is 1.88 bits per heavy atom. The van der Waals surface area contributed by atoms with Gasteiger partial charge < -0.3 is 29.7 Å². The number of hydrogen-bond acceptors (Lipinski definition) is 7. The number of aryl methyl sites for hydroxylation is 2. The van der Waals surface area contributed by atoms with Crippen molar-refractivity contribution >= 4 is 29.4 Å². The van der Waals surface area contributed by atoms with Gasteiger partial charge in [0.2, 0.25) is 11.8 Å². The van der Waals surface area contributed by atoms with E-state index in [9.17, 15) is 24.3 Å². The van der Waals surface area contributed by atoms with E-state index in [1.54, 1.807) is 17.1 Å². The third-order valence-electron chi connectivity index (χ3n) is 10.3. The Hall–Kier alpha value is -4.28. The predicted molar refractivity (Wildman–Crippen MR) is 186 cm³/mol. The van der Waals surface area contributed by atoms with E-state index in [4.69, 9.17) is 9.47 Å². The summed E-state index contributed by atoms with van der Waals surface area (Å²) in [5.74, 6) is -3.70. The highest BCUT2D eigenvalue weighted by Crippen LogP contribution is 2.59. The number of amides is 3. The molecule has 3 fully saturated rings. The molecule has 2 aromatic carbocycles. The van der Waals surface area contributed by atoms with Crippen LogP contribution in [0.2, 0.25) is 0 Å². The number of likely N-dealkylation sites (tertiary alicyclic amines) is 1. The van der Waals surface area contributed by atoms with Gasteiger partial charge in [-0.3, -0.25) is 19.2 Å². The molecule has 10 heteroatoms. The second kappa shape index (κ2) is 15.1. The van der Waals surface area contributed by atoms with Crippen LogP contribution in [0.3, 0.4) is 0 Å². The second-order valence-electron chi connectivity index (χ2n) is 13.8. The van der Waals surface area contributed by atoms with E-state index in [-0.39, 0.29) is 43.8 Å². The number of rotatable bonds is 15. The summed E-state index contributed by atoms with van der Waals surface area (Å²) in [4.78, 5) is 59.5. The van der Waals surface area contributed by atoms with Gasteiger partial charge in [0.25, 0.3) is 5.91 Å². The van der Waals surface area contributed by atoms with Crippen molar-refractivity contribution < 1.29 is 33.8 Å². The third-order valence-corrected chi connectivity index (χ3v) is 10.3. The Morgan fingerprint density at radius 1 is 1.14 bits per heavy atom. The maximum Gasteiger partial charge on any atom is 0.313 e. The number of allylic oxidation sites excluding steroid dienone is 1. The summed E-state index contributed by atoms with van der Waals surface area (Å²) in [6.45, 7) is 15.1. The van der Waals surface area contributed by atoms with E-state index in [1.165, 1.54) is 4.90 Å². The molecule has 3 aliphatic rings. The predicted octanol–water partition coefficient (Wildman–Crippen LogP) is 4.58. The molecule has 2 aromatic rings. The number of nitrogens with zero attached hydrogens (tertiary/aromatic N) is 2. The van der Waals surface area contributed by atoms with Gasteiger partial charge in [-0.2, -0.15) is 0 Å². The lowest BCUT2D eigenvalue weighted by Gasteiger charge is -2.40. The lowest BCUT2D eigenvalue weighted by molar-refractivity contribution is -0.161. The Kier molecular flexibility index (Phi) is 11.1. The van der Waals surface area contributed by atoms with Crippen LogP contribution >= 0.6 is 0 Å². The number of ether oxygens (including phenoxy) is 2. The van der Waals surface area contributed by atoms with E-state index in [0.29, 0.717) is 30.5 Å². The first kappa shape index (κ1) is 36.0. The van der Waals surface area contributed by atoms with Crippen LogP contribution in [0.5, 0.6) is 0 Å². The quantitative estimate of drug-likeness (QED) is 0.210. The normalized spacial score (nSPS) is 25.1. The molecule has 5 rings (SSSR count). The van der Waals surface area contributed by atoms with Gasteiger partial charge in [-0.05, 0) is 61.8 Å². The fourth-order valence-electron chi connectivity index (χ4n) is 7.85. The lowest BCUT2D eigenvalue weighted by Crippen LogP contribution is -2.60. The molecule has 0 aliphatic carbocycles. The molecule has 3 saturated heterocycles. The molecular formula is C39H49N3O7. The summed E-state index contributed by atoms with van der Waals surface area (Å²) in [7, 11) is 0. The summed E-state index contributed by atoms with van der Waals surface area (Å²) in [6, 6.07) is 13.2. The summed E-state index contributed by atoms with van der Waals surface area (Å²) >= 11 is 0. The summed E-state index contributed by atoms with van der Waals surface area (Å²) in [5, 5.41) is 13.5. The van der Waals surface area contributed by atoms with Crippen LogP contribution in [0.1, 0.15) is 62.3 Å². The SMILES string of the molecule is C=CCCC(=O)NC[C@H](OC(=O)[C@@H]1[C@@H]2CC[C@]3(O2)[C@H](C(=O)N(CC=C)c2cc(C)ccc2C)N([C@@H](CO)C(C)C)C(=O)[C@@H]13)c1ccccc1. The van der Waals surface area contributed by atoms with Crippen LogP contribution in [-0.2, 0) is 28.7 Å². The van der Waals surface area contributed by atoms with Crippen LogP contribution in [0.25, 0.3) is 0 Å². The molecule has 0 unspecified atom stereocenters. The largest absolute Gasteiger partial charge is 0.455 e. The Balaban J connectivity index is 1.51. The average molecular weight is 672 g/mol.